The molecule has 0 aliphatic carbocycles. The highest BCUT2D eigenvalue weighted by atomic mass is 16.5. The minimum atomic E-state index is 0.320. The van der Waals surface area contributed by atoms with Crippen LogP contribution in [0.3, 0.4) is 0 Å². The highest BCUT2D eigenvalue weighted by Crippen LogP contribution is 2.14. The van der Waals surface area contributed by atoms with Crippen LogP contribution in [0.4, 0.5) is 0 Å². The number of nitrogens with zero attached hydrogens (tertiary/aromatic N) is 2. The summed E-state index contributed by atoms with van der Waals surface area (Å²) < 4.78 is 5.36. The fourth-order valence-electron chi connectivity index (χ4n) is 1.04. The standard InChI is InChI=1S/C11H16N2O/c1-5-6-14-10-7-9(4)12-11(13-10)8(2)3/h5,7-8H,1,6H2,2-4H3. The molecule has 1 rings (SSSR count). The van der Waals surface area contributed by atoms with Crippen LogP contribution in [0.2, 0.25) is 0 Å². The predicted octanol–water partition coefficient (Wildman–Crippen LogP) is 2.47. The summed E-state index contributed by atoms with van der Waals surface area (Å²) in [4.78, 5) is 8.61. The first-order valence-electron chi connectivity index (χ1n) is 4.72. The van der Waals surface area contributed by atoms with Gasteiger partial charge in [0.25, 0.3) is 0 Å². The zero-order valence-corrected chi connectivity index (χ0v) is 8.95. The second-order valence-corrected chi connectivity index (χ2v) is 3.46. The molecule has 0 radical (unpaired) electrons. The lowest BCUT2D eigenvalue weighted by atomic mass is 10.2. The van der Waals surface area contributed by atoms with Crippen molar-refractivity contribution in [2.75, 3.05) is 6.61 Å². The van der Waals surface area contributed by atoms with E-state index in [2.05, 4.69) is 30.4 Å². The van der Waals surface area contributed by atoms with Gasteiger partial charge in [0.1, 0.15) is 12.4 Å². The summed E-state index contributed by atoms with van der Waals surface area (Å²) in [5, 5.41) is 0. The molecule has 0 aliphatic rings. The highest BCUT2D eigenvalue weighted by Gasteiger charge is 2.06. The van der Waals surface area contributed by atoms with E-state index in [1.54, 1.807) is 6.08 Å². The molecule has 0 amide bonds. The molecular formula is C11H16N2O. The largest absolute Gasteiger partial charge is 0.473 e. The third kappa shape index (κ3) is 2.83. The van der Waals surface area contributed by atoms with Crippen molar-refractivity contribution in [3.8, 4) is 5.88 Å². The van der Waals surface area contributed by atoms with Crippen molar-refractivity contribution >= 4 is 0 Å². The monoisotopic (exact) mass is 192 g/mol. The highest BCUT2D eigenvalue weighted by molar-refractivity contribution is 5.16. The average molecular weight is 192 g/mol. The van der Waals surface area contributed by atoms with Crippen molar-refractivity contribution in [2.24, 2.45) is 0 Å². The van der Waals surface area contributed by atoms with Crippen LogP contribution in [0.25, 0.3) is 0 Å². The van der Waals surface area contributed by atoms with Crippen LogP contribution < -0.4 is 4.74 Å². The second kappa shape index (κ2) is 4.74. The molecule has 3 nitrogen and oxygen atoms in total. The van der Waals surface area contributed by atoms with Crippen LogP contribution >= 0.6 is 0 Å². The SMILES string of the molecule is C=CCOc1cc(C)nc(C(C)C)n1. The van der Waals surface area contributed by atoms with E-state index in [0.717, 1.165) is 11.5 Å². The Morgan fingerprint density at radius 2 is 2.21 bits per heavy atom. The van der Waals surface area contributed by atoms with Gasteiger partial charge in [-0.25, -0.2) is 4.98 Å². The van der Waals surface area contributed by atoms with Gasteiger partial charge in [0.2, 0.25) is 5.88 Å². The summed E-state index contributed by atoms with van der Waals surface area (Å²) in [5.74, 6) is 1.77. The number of rotatable bonds is 4. The van der Waals surface area contributed by atoms with Crippen LogP contribution in [0.1, 0.15) is 31.3 Å². The fraction of sp³-hybridized carbons (Fsp3) is 0.455. The maximum atomic E-state index is 5.36. The first kappa shape index (κ1) is 10.7. The van der Waals surface area contributed by atoms with Gasteiger partial charge in [-0.05, 0) is 6.92 Å². The molecule has 0 aliphatic heterocycles. The number of aryl methyl sites for hydroxylation is 1. The molecule has 0 N–H and O–H groups in total. The van der Waals surface area contributed by atoms with E-state index >= 15 is 0 Å². The Morgan fingerprint density at radius 3 is 2.79 bits per heavy atom. The van der Waals surface area contributed by atoms with Crippen LogP contribution in [0.5, 0.6) is 5.88 Å². The quantitative estimate of drug-likeness (QED) is 0.687. The molecule has 0 bridgehead atoms. The maximum absolute atomic E-state index is 5.36. The van der Waals surface area contributed by atoms with Crippen molar-refractivity contribution in [3.63, 3.8) is 0 Å². The van der Waals surface area contributed by atoms with Crippen LogP contribution in [-0.2, 0) is 0 Å². The van der Waals surface area contributed by atoms with E-state index < -0.39 is 0 Å². The molecule has 0 saturated carbocycles. The molecule has 3 heteroatoms. The first-order chi connectivity index (χ1) is 6.63. The van der Waals surface area contributed by atoms with Crippen LogP contribution in [0, 0.1) is 6.92 Å². The molecule has 0 unspecified atom stereocenters. The van der Waals surface area contributed by atoms with Crippen LogP contribution in [-0.4, -0.2) is 16.6 Å². The summed E-state index contributed by atoms with van der Waals surface area (Å²) in [6.45, 7) is 10.1. The number of ether oxygens (including phenoxy) is 1. The number of hydrogen-bond acceptors (Lipinski definition) is 3. The van der Waals surface area contributed by atoms with Gasteiger partial charge in [-0.2, -0.15) is 4.98 Å². The molecule has 76 valence electrons. The van der Waals surface area contributed by atoms with E-state index in [9.17, 15) is 0 Å². The van der Waals surface area contributed by atoms with Gasteiger partial charge in [-0.3, -0.25) is 0 Å². The van der Waals surface area contributed by atoms with Crippen LogP contribution in [0.15, 0.2) is 18.7 Å². The van der Waals surface area contributed by atoms with Crippen molar-refractivity contribution in [3.05, 3.63) is 30.2 Å². The Bertz CT molecular complexity index is 321. The Kier molecular flexibility index (Phi) is 3.63. The van der Waals surface area contributed by atoms with Gasteiger partial charge >= 0.3 is 0 Å². The Morgan fingerprint density at radius 1 is 1.50 bits per heavy atom. The van der Waals surface area contributed by atoms with Gasteiger partial charge in [0.15, 0.2) is 0 Å². The average Bonchev–Trinajstić information content (AvgIpc) is 2.14. The van der Waals surface area contributed by atoms with Crippen molar-refractivity contribution < 1.29 is 4.74 Å². The molecule has 1 aromatic heterocycles. The fourth-order valence-corrected chi connectivity index (χ4v) is 1.04. The van der Waals surface area contributed by atoms with E-state index in [-0.39, 0.29) is 0 Å². The number of hydrogen-bond donors (Lipinski definition) is 0. The second-order valence-electron chi connectivity index (χ2n) is 3.46. The van der Waals surface area contributed by atoms with Gasteiger partial charge in [-0.1, -0.05) is 26.5 Å². The lowest BCUT2D eigenvalue weighted by Crippen LogP contribution is -2.03. The number of aromatic nitrogens is 2. The van der Waals surface area contributed by atoms with Gasteiger partial charge in [-0.15, -0.1) is 0 Å². The molecule has 0 spiro atoms. The zero-order chi connectivity index (χ0) is 10.6. The van der Waals surface area contributed by atoms with Crippen molar-refractivity contribution in [1.29, 1.82) is 0 Å². The third-order valence-corrected chi connectivity index (χ3v) is 1.71. The first-order valence-corrected chi connectivity index (χ1v) is 4.72. The lowest BCUT2D eigenvalue weighted by Gasteiger charge is -2.08. The third-order valence-electron chi connectivity index (χ3n) is 1.71. The van der Waals surface area contributed by atoms with E-state index in [1.807, 2.05) is 13.0 Å². The molecular weight excluding hydrogens is 176 g/mol. The Hall–Kier alpha value is -1.38. The van der Waals surface area contributed by atoms with Gasteiger partial charge in [0.05, 0.1) is 0 Å². The predicted molar refractivity (Wildman–Crippen MR) is 56.6 cm³/mol. The Labute approximate surface area is 84.8 Å². The topological polar surface area (TPSA) is 35.0 Å². The summed E-state index contributed by atoms with van der Waals surface area (Å²) in [5.41, 5.74) is 0.933. The van der Waals surface area contributed by atoms with Gasteiger partial charge < -0.3 is 4.74 Å². The summed E-state index contributed by atoms with van der Waals surface area (Å²) in [7, 11) is 0. The molecule has 1 heterocycles. The smallest absolute Gasteiger partial charge is 0.217 e. The molecule has 0 aromatic carbocycles. The van der Waals surface area contributed by atoms with Gasteiger partial charge in [0, 0.05) is 17.7 Å². The summed E-state index contributed by atoms with van der Waals surface area (Å²) in [6, 6.07) is 1.83. The summed E-state index contributed by atoms with van der Waals surface area (Å²) in [6.07, 6.45) is 1.70. The Balaban J connectivity index is 2.89. The van der Waals surface area contributed by atoms with Crippen molar-refractivity contribution in [1.82, 2.24) is 9.97 Å². The minimum Gasteiger partial charge on any atom is -0.473 e. The molecule has 0 saturated heterocycles. The maximum Gasteiger partial charge on any atom is 0.217 e. The molecule has 0 fully saturated rings. The minimum absolute atomic E-state index is 0.320. The lowest BCUT2D eigenvalue weighted by molar-refractivity contribution is 0.345. The zero-order valence-electron chi connectivity index (χ0n) is 8.95. The van der Waals surface area contributed by atoms with Crippen molar-refractivity contribution in [2.45, 2.75) is 26.7 Å². The molecule has 1 aromatic rings. The molecule has 0 atom stereocenters. The van der Waals surface area contributed by atoms with E-state index in [1.165, 1.54) is 0 Å². The normalized spacial score (nSPS) is 10.3. The summed E-state index contributed by atoms with van der Waals surface area (Å²) >= 11 is 0. The van der Waals surface area contributed by atoms with E-state index in [4.69, 9.17) is 4.74 Å². The molecule has 14 heavy (non-hydrogen) atoms. The van der Waals surface area contributed by atoms with E-state index in [0.29, 0.717) is 18.4 Å².